The molecule has 0 aromatic carbocycles. The van der Waals surface area contributed by atoms with E-state index in [4.69, 9.17) is 9.47 Å². The Morgan fingerprint density at radius 3 is 1.07 bits per heavy atom. The van der Waals surface area contributed by atoms with E-state index in [1.54, 1.807) is 142 Å². The molecule has 0 aromatic rings. The van der Waals surface area contributed by atoms with E-state index < -0.39 is 0 Å². The first-order chi connectivity index (χ1) is 55.2. The molecule has 16 rings (SSSR count). The minimum absolute atomic E-state index is 0. The molecule has 16 aliphatic rings. The van der Waals surface area contributed by atoms with Crippen LogP contribution >= 0.6 is 23.5 Å². The molecule has 16 saturated heterocycles. The standard InChI is InChI=1S/C11H18N2O2.C10H17N3O2.C10H16N2O3.C10H16N2O2S.C10H16N2O2.C9H15N3O2.C9H14N2O3.C9H14N2O2S.8CH4/c1-7(14)10-5-3-4-8-6-9(12-2)11(15)13(8)10;1-6(14)8-3-4-12-9-5-7(11-2)10(15)13(8)9;2*1-6(13)8-3-4-15-9-5-7(11-2)10(14)12(8)9;1-6(13)9-4-3-7-5-8(11-2)10(14)12(7)9;1-5(13)7-4-11-8-3-6(10-2)9(14)12(7)8;2*1-5(12)7-4-14-8-3-6(10-2)9(13)11(7)8;;;;;;;;/h8-10,12H,3-6H2,1-2H3;7-9,11-12H,3-5H2,1-2H3;2*7-9,11H,3-5H2,1-2H3;7-9,11H,3-5H2,1-2H3;6-8,10-11H,3-4H2,1-2H3;2*6-8,10H,3-4H2,1-2H3;8*1H4. The lowest BCUT2D eigenvalue weighted by molar-refractivity contribution is -0.157. The minimum Gasteiger partial charge on any atom is -0.358 e. The summed E-state index contributed by atoms with van der Waals surface area (Å²) in [6, 6.07) is -2.19. The number of ketones is 8. The highest BCUT2D eigenvalue weighted by atomic mass is 32.2. The lowest BCUT2D eigenvalue weighted by atomic mass is 9.94. The number of amides is 8. The zero-order valence-corrected chi connectivity index (χ0v) is 71.8. The molecule has 38 heteroatoms. The summed E-state index contributed by atoms with van der Waals surface area (Å²) in [5.41, 5.74) is 0. The molecule has 0 aromatic heterocycles. The molecule has 24 unspecified atom stereocenters. The van der Waals surface area contributed by atoms with Crippen molar-refractivity contribution in [2.24, 2.45) is 0 Å². The SMILES string of the molecule is C.C.C.C.C.C.C.C.CNC1CC2CCC(C(C)=O)N2C1=O.CNC1CC2CCCC(C(C)=O)N2C1=O.CNC1CC2NCC(C(C)=O)N2C1=O.CNC1CC2NCCC(C(C)=O)N2C1=O.CNC1CC2OCC(C(C)=O)N2C1=O.CNC1CC2OCCC(C(C)=O)N2C1=O.CNC1CC2SCC(C(C)=O)N2C1=O.CNC1CC2SCCC(C(C)=O)N2C1=O. The van der Waals surface area contributed by atoms with Gasteiger partial charge >= 0.3 is 0 Å². The summed E-state index contributed by atoms with van der Waals surface area (Å²) in [5, 5.41) is 30.7. The van der Waals surface area contributed by atoms with Crippen LogP contribution in [0.4, 0.5) is 0 Å². The fraction of sp³-hybridized carbons (Fsp3) is 0.814. The van der Waals surface area contributed by atoms with Crippen LogP contribution in [0.5, 0.6) is 0 Å². The lowest BCUT2D eigenvalue weighted by Gasteiger charge is -2.36. The van der Waals surface area contributed by atoms with E-state index in [0.717, 1.165) is 102 Å². The van der Waals surface area contributed by atoms with E-state index in [1.165, 1.54) is 20.8 Å². The van der Waals surface area contributed by atoms with Crippen molar-refractivity contribution in [3.8, 4) is 0 Å². The van der Waals surface area contributed by atoms with Crippen LogP contribution in [0.3, 0.4) is 0 Å². The number of nitrogens with one attached hydrogen (secondary N) is 10. The van der Waals surface area contributed by atoms with E-state index in [1.807, 2.05) is 11.9 Å². The molecule has 0 saturated carbocycles. The summed E-state index contributed by atoms with van der Waals surface area (Å²) in [5.74, 6) is 2.88. The fourth-order valence-corrected chi connectivity index (χ4v) is 22.0. The van der Waals surface area contributed by atoms with Gasteiger partial charge < -0.3 is 91.2 Å². The predicted octanol–water partition coefficient (Wildman–Crippen LogP) is 1.81. The van der Waals surface area contributed by atoms with Gasteiger partial charge in [0, 0.05) is 62.9 Å². The number of carbonyl (C=O) groups is 16. The van der Waals surface area contributed by atoms with Crippen molar-refractivity contribution in [3.05, 3.63) is 0 Å². The number of hydrogen-bond acceptors (Lipinski definition) is 30. The Morgan fingerprint density at radius 2 is 0.629 bits per heavy atom. The van der Waals surface area contributed by atoms with E-state index in [9.17, 15) is 76.7 Å². The number of rotatable bonds is 16. The van der Waals surface area contributed by atoms with Gasteiger partial charge in [0.15, 0.2) is 46.3 Å². The number of fused-ring (bicyclic) bond motifs is 8. The summed E-state index contributed by atoms with van der Waals surface area (Å²) < 4.78 is 10.9. The number of thioether (sulfide) groups is 2. The van der Waals surface area contributed by atoms with Crippen LogP contribution in [0.2, 0.25) is 0 Å². The van der Waals surface area contributed by atoms with Crippen molar-refractivity contribution in [2.45, 2.75) is 362 Å². The molecule has 0 aliphatic carbocycles. The van der Waals surface area contributed by atoms with Crippen LogP contribution in [-0.4, -0.2) is 371 Å². The van der Waals surface area contributed by atoms with Gasteiger partial charge in [0.05, 0.1) is 115 Å². The summed E-state index contributed by atoms with van der Waals surface area (Å²) in [6.07, 6.45) is 12.8. The highest BCUT2D eigenvalue weighted by molar-refractivity contribution is 8.00. The van der Waals surface area contributed by atoms with Crippen molar-refractivity contribution in [1.29, 1.82) is 0 Å². The fourth-order valence-electron chi connectivity index (χ4n) is 19.0. The first kappa shape index (κ1) is 115. The molecule has 124 heavy (non-hydrogen) atoms. The van der Waals surface area contributed by atoms with Gasteiger partial charge in [0.25, 0.3) is 0 Å². The van der Waals surface area contributed by atoms with Gasteiger partial charge in [-0.05, 0) is 188 Å². The first-order valence-corrected chi connectivity index (χ1v) is 43.2. The Balaban J connectivity index is 0.000000702. The number of ether oxygens (including phenoxy) is 2. The Hall–Kier alpha value is -6.66. The van der Waals surface area contributed by atoms with Gasteiger partial charge in [0.2, 0.25) is 47.3 Å². The third-order valence-corrected chi connectivity index (χ3v) is 28.0. The second-order valence-electron chi connectivity index (χ2n) is 32.4. The van der Waals surface area contributed by atoms with Gasteiger partial charge in [-0.25, -0.2) is 0 Å². The van der Waals surface area contributed by atoms with Gasteiger partial charge in [0.1, 0.15) is 30.6 Å². The number of hydrogen-bond donors (Lipinski definition) is 10. The second kappa shape index (κ2) is 51.5. The maximum Gasteiger partial charge on any atom is 0.242 e. The minimum atomic E-state index is -0.370. The zero-order chi connectivity index (χ0) is 85.2. The number of likely N-dealkylation sites (N-methyl/N-ethyl adjacent to an activating group) is 8. The Labute approximate surface area is 747 Å². The maximum absolute atomic E-state index is 12.0. The first-order valence-electron chi connectivity index (χ1n) is 41.1. The van der Waals surface area contributed by atoms with Crippen molar-refractivity contribution in [1.82, 2.24) is 92.4 Å². The number of piperidine rings is 1. The number of nitrogens with zero attached hydrogens (tertiary/aromatic N) is 8. The topological polar surface area (TPSA) is 438 Å². The van der Waals surface area contributed by atoms with Gasteiger partial charge in [-0.3, -0.25) is 87.3 Å². The molecule has 0 bridgehead atoms. The molecule has 712 valence electrons. The smallest absolute Gasteiger partial charge is 0.242 e. The normalized spacial score (nSPS) is 33.5. The third-order valence-electron chi connectivity index (χ3n) is 25.5. The van der Waals surface area contributed by atoms with Crippen LogP contribution in [0.15, 0.2) is 0 Å². The molecule has 16 aliphatic heterocycles. The van der Waals surface area contributed by atoms with Crippen molar-refractivity contribution in [2.75, 3.05) is 94.2 Å². The molecule has 24 atom stereocenters. The molecule has 8 amide bonds. The highest BCUT2D eigenvalue weighted by Gasteiger charge is 2.55. The van der Waals surface area contributed by atoms with E-state index in [2.05, 4.69) is 53.2 Å². The van der Waals surface area contributed by atoms with E-state index in [-0.39, 0.29) is 291 Å². The van der Waals surface area contributed by atoms with E-state index in [0.29, 0.717) is 45.1 Å². The van der Waals surface area contributed by atoms with Gasteiger partial charge in [-0.2, -0.15) is 0 Å². The summed E-state index contributed by atoms with van der Waals surface area (Å²) >= 11 is 3.51. The summed E-state index contributed by atoms with van der Waals surface area (Å²) in [6.45, 7) is 14.8. The largest absolute Gasteiger partial charge is 0.358 e. The maximum atomic E-state index is 12.0. The highest BCUT2D eigenvalue weighted by Crippen LogP contribution is 2.40. The average molecular weight is 1800 g/mol. The van der Waals surface area contributed by atoms with Gasteiger partial charge in [-0.15, -0.1) is 23.5 Å². The molecule has 16 fully saturated rings. The molecule has 10 N–H and O–H groups in total. The predicted molar refractivity (Wildman–Crippen MR) is 484 cm³/mol. The van der Waals surface area contributed by atoms with Crippen LogP contribution in [0, 0.1) is 0 Å². The van der Waals surface area contributed by atoms with Crippen molar-refractivity contribution < 1.29 is 86.2 Å². The second-order valence-corrected chi connectivity index (χ2v) is 34.9. The zero-order valence-electron chi connectivity index (χ0n) is 70.2. The lowest BCUT2D eigenvalue weighted by Crippen LogP contribution is -2.57. The number of carbonyl (C=O) groups excluding carboxylic acids is 16. The van der Waals surface area contributed by atoms with Crippen LogP contribution in [0.1, 0.15) is 218 Å². The summed E-state index contributed by atoms with van der Waals surface area (Å²) in [4.78, 5) is 200. The summed E-state index contributed by atoms with van der Waals surface area (Å²) in [7, 11) is 14.2. The molecule has 16 heterocycles. The Bertz CT molecular complexity index is 3210. The van der Waals surface area contributed by atoms with Crippen LogP contribution in [0.25, 0.3) is 0 Å². The molecular weight excluding hydrogens is 1640 g/mol. The average Bonchev–Trinajstić information content (AvgIpc) is 1.63. The van der Waals surface area contributed by atoms with Crippen molar-refractivity contribution >= 4 is 117 Å². The van der Waals surface area contributed by atoms with Crippen LogP contribution < -0.4 is 53.2 Å². The molecule has 0 radical (unpaired) electrons. The molecule has 0 spiro atoms. The quantitative estimate of drug-likeness (QED) is 0.105. The van der Waals surface area contributed by atoms with Crippen molar-refractivity contribution in [3.63, 3.8) is 0 Å². The van der Waals surface area contributed by atoms with E-state index >= 15 is 0 Å². The van der Waals surface area contributed by atoms with Gasteiger partial charge in [-0.1, -0.05) is 59.4 Å². The Morgan fingerprint density at radius 1 is 0.306 bits per heavy atom. The third kappa shape index (κ3) is 25.1. The monoisotopic (exact) mass is 1800 g/mol. The number of Topliss-reactive ketones (excluding diaryl/α,β-unsaturated/α-hetero) is 8. The Kier molecular flexibility index (Phi) is 47.9. The van der Waals surface area contributed by atoms with Crippen LogP contribution in [-0.2, 0) is 86.2 Å². The molecular formula is C86H158N18O18S2. The molecule has 36 nitrogen and oxygen atoms in total.